The van der Waals surface area contributed by atoms with Crippen molar-refractivity contribution in [3.63, 3.8) is 0 Å². The van der Waals surface area contributed by atoms with E-state index in [1.165, 1.54) is 0 Å². The number of aliphatic hydroxyl groups excluding tert-OH is 1. The standard InChI is InChI=1S/C41H48O8/c1-29-23-47-40(42)39(46-27-34-21-13-6-14-22-34)36(29)49-41-38(45-26-33-19-11-5-12-20-33)30(2)37(44-25-32-17-9-4-10-18-32)35(48-41)28-43-24-31-15-7-3-8-16-31/h3-22,29-30,35-42H,23-28H2,1-2H3/t29-,30+,35?,36+,37-,38?,39?,40-,41+/m1/s1. The van der Waals surface area contributed by atoms with Crippen molar-refractivity contribution >= 4 is 0 Å². The highest BCUT2D eigenvalue weighted by Crippen LogP contribution is 2.36. The van der Waals surface area contributed by atoms with Gasteiger partial charge in [-0.2, -0.15) is 0 Å². The van der Waals surface area contributed by atoms with Crippen LogP contribution >= 0.6 is 0 Å². The number of hydrogen-bond acceptors (Lipinski definition) is 8. The highest BCUT2D eigenvalue weighted by Gasteiger charge is 2.49. The second-order valence-electron chi connectivity index (χ2n) is 13.0. The molecule has 2 saturated heterocycles. The molecule has 8 nitrogen and oxygen atoms in total. The van der Waals surface area contributed by atoms with Crippen LogP contribution in [-0.4, -0.2) is 61.4 Å². The van der Waals surface area contributed by atoms with Crippen molar-refractivity contribution in [1.82, 2.24) is 0 Å². The van der Waals surface area contributed by atoms with Crippen molar-refractivity contribution in [2.24, 2.45) is 11.8 Å². The Kier molecular flexibility index (Phi) is 13.0. The van der Waals surface area contributed by atoms with Crippen molar-refractivity contribution in [3.05, 3.63) is 144 Å². The topological polar surface area (TPSA) is 84.8 Å². The first kappa shape index (κ1) is 35.4. The van der Waals surface area contributed by atoms with Gasteiger partial charge in [0.25, 0.3) is 0 Å². The molecule has 0 aromatic heterocycles. The average Bonchev–Trinajstić information content (AvgIpc) is 3.14. The van der Waals surface area contributed by atoms with Gasteiger partial charge in [0.05, 0.1) is 51.8 Å². The number of hydrogen-bond donors (Lipinski definition) is 1. The SMILES string of the molecule is C[C@@H]1CO[C@@H](O)C(OCc2ccccc2)[C@H]1O[C@@H]1OC(COCc2ccccc2)[C@H](OCc2ccccc2)[C@H](C)C1OCc1ccccc1. The first-order chi connectivity index (χ1) is 24.0. The molecule has 2 heterocycles. The summed E-state index contributed by atoms with van der Waals surface area (Å²) in [4.78, 5) is 0. The Morgan fingerprint density at radius 2 is 1.02 bits per heavy atom. The van der Waals surface area contributed by atoms with Crippen LogP contribution in [0, 0.1) is 11.8 Å². The molecule has 6 rings (SSSR count). The molecule has 2 fully saturated rings. The smallest absolute Gasteiger partial charge is 0.185 e. The summed E-state index contributed by atoms with van der Waals surface area (Å²) in [6, 6.07) is 40.1. The molecular formula is C41H48O8. The van der Waals surface area contributed by atoms with E-state index in [4.69, 9.17) is 33.2 Å². The lowest BCUT2D eigenvalue weighted by molar-refractivity contribution is -0.348. The molecule has 0 bridgehead atoms. The molecular weight excluding hydrogens is 620 g/mol. The molecule has 8 heteroatoms. The van der Waals surface area contributed by atoms with Gasteiger partial charge in [-0.15, -0.1) is 0 Å². The van der Waals surface area contributed by atoms with E-state index in [0.717, 1.165) is 22.3 Å². The largest absolute Gasteiger partial charge is 0.374 e. The maximum atomic E-state index is 11.0. The van der Waals surface area contributed by atoms with Crippen LogP contribution < -0.4 is 0 Å². The monoisotopic (exact) mass is 668 g/mol. The summed E-state index contributed by atoms with van der Waals surface area (Å²) in [5.74, 6) is -0.224. The third-order valence-electron chi connectivity index (χ3n) is 9.22. The molecule has 0 saturated carbocycles. The van der Waals surface area contributed by atoms with Crippen LogP contribution in [0.2, 0.25) is 0 Å². The first-order valence-corrected chi connectivity index (χ1v) is 17.2. The van der Waals surface area contributed by atoms with E-state index in [-0.39, 0.29) is 17.9 Å². The number of ether oxygens (including phenoxy) is 7. The van der Waals surface area contributed by atoms with Gasteiger partial charge in [0.1, 0.15) is 18.3 Å². The van der Waals surface area contributed by atoms with Crippen molar-refractivity contribution in [1.29, 1.82) is 0 Å². The fourth-order valence-electron chi connectivity index (χ4n) is 6.47. The van der Waals surface area contributed by atoms with E-state index >= 15 is 0 Å². The Bertz CT molecular complexity index is 1490. The molecule has 0 aliphatic carbocycles. The van der Waals surface area contributed by atoms with E-state index in [0.29, 0.717) is 39.6 Å². The van der Waals surface area contributed by atoms with Gasteiger partial charge in [0.15, 0.2) is 12.6 Å². The zero-order chi connectivity index (χ0) is 33.8. The van der Waals surface area contributed by atoms with Crippen LogP contribution in [0.5, 0.6) is 0 Å². The number of aliphatic hydroxyl groups is 1. The van der Waals surface area contributed by atoms with E-state index in [9.17, 15) is 5.11 Å². The second kappa shape index (κ2) is 18.0. The fourth-order valence-corrected chi connectivity index (χ4v) is 6.47. The Hall–Kier alpha value is -3.44. The molecule has 49 heavy (non-hydrogen) atoms. The highest BCUT2D eigenvalue weighted by atomic mass is 16.7. The number of rotatable bonds is 15. The molecule has 260 valence electrons. The van der Waals surface area contributed by atoms with Gasteiger partial charge < -0.3 is 38.3 Å². The normalized spacial score (nSPS) is 28.7. The highest BCUT2D eigenvalue weighted by molar-refractivity contribution is 5.16. The third kappa shape index (κ3) is 9.84. The number of benzene rings is 4. The minimum Gasteiger partial charge on any atom is -0.374 e. The fraction of sp³-hybridized carbons (Fsp3) is 0.415. The second-order valence-corrected chi connectivity index (χ2v) is 13.0. The zero-order valence-corrected chi connectivity index (χ0v) is 28.3. The van der Waals surface area contributed by atoms with Crippen molar-refractivity contribution in [3.8, 4) is 0 Å². The molecule has 2 aliphatic rings. The lowest BCUT2D eigenvalue weighted by Crippen LogP contribution is -2.60. The summed E-state index contributed by atoms with van der Waals surface area (Å²) >= 11 is 0. The molecule has 4 aromatic carbocycles. The maximum Gasteiger partial charge on any atom is 0.185 e. The predicted molar refractivity (Wildman–Crippen MR) is 185 cm³/mol. The molecule has 3 unspecified atom stereocenters. The van der Waals surface area contributed by atoms with Gasteiger partial charge in [-0.25, -0.2) is 0 Å². The Morgan fingerprint density at radius 3 is 1.53 bits per heavy atom. The quantitative estimate of drug-likeness (QED) is 0.150. The van der Waals surface area contributed by atoms with Gasteiger partial charge in [0, 0.05) is 11.8 Å². The predicted octanol–water partition coefficient (Wildman–Crippen LogP) is 6.69. The van der Waals surface area contributed by atoms with Crippen LogP contribution in [0.1, 0.15) is 36.1 Å². The lowest BCUT2D eigenvalue weighted by atomic mass is 9.89. The van der Waals surface area contributed by atoms with E-state index < -0.39 is 37.0 Å². The molecule has 0 amide bonds. The van der Waals surface area contributed by atoms with Gasteiger partial charge >= 0.3 is 0 Å². The van der Waals surface area contributed by atoms with Crippen LogP contribution in [0.3, 0.4) is 0 Å². The Labute approximate surface area is 289 Å². The zero-order valence-electron chi connectivity index (χ0n) is 28.3. The summed E-state index contributed by atoms with van der Waals surface area (Å²) < 4.78 is 45.3. The van der Waals surface area contributed by atoms with Gasteiger partial charge in [-0.1, -0.05) is 135 Å². The summed E-state index contributed by atoms with van der Waals surface area (Å²) in [6.45, 7) is 6.32. The molecule has 2 aliphatic heterocycles. The lowest BCUT2D eigenvalue weighted by Gasteiger charge is -2.48. The van der Waals surface area contributed by atoms with Crippen LogP contribution in [-0.2, 0) is 59.6 Å². The molecule has 4 aromatic rings. The van der Waals surface area contributed by atoms with Crippen LogP contribution in [0.4, 0.5) is 0 Å². The summed E-state index contributed by atoms with van der Waals surface area (Å²) in [7, 11) is 0. The van der Waals surface area contributed by atoms with E-state index in [1.807, 2.05) is 116 Å². The minimum atomic E-state index is -1.15. The van der Waals surface area contributed by atoms with Crippen molar-refractivity contribution < 1.29 is 38.3 Å². The van der Waals surface area contributed by atoms with Gasteiger partial charge in [-0.3, -0.25) is 0 Å². The maximum absolute atomic E-state index is 11.0. The summed E-state index contributed by atoms with van der Waals surface area (Å²) in [5.41, 5.74) is 4.19. The third-order valence-corrected chi connectivity index (χ3v) is 9.22. The molecule has 9 atom stereocenters. The minimum absolute atomic E-state index is 0.0855. The average molecular weight is 669 g/mol. The Morgan fingerprint density at radius 1 is 0.571 bits per heavy atom. The van der Waals surface area contributed by atoms with Crippen LogP contribution in [0.25, 0.3) is 0 Å². The molecule has 0 spiro atoms. The van der Waals surface area contributed by atoms with Gasteiger partial charge in [-0.05, 0) is 22.3 Å². The van der Waals surface area contributed by atoms with Crippen molar-refractivity contribution in [2.45, 2.75) is 83.4 Å². The first-order valence-electron chi connectivity index (χ1n) is 17.2. The van der Waals surface area contributed by atoms with Crippen LogP contribution in [0.15, 0.2) is 121 Å². The molecule has 0 radical (unpaired) electrons. The Balaban J connectivity index is 1.24. The summed E-state index contributed by atoms with van der Waals surface area (Å²) in [5, 5.41) is 11.0. The van der Waals surface area contributed by atoms with E-state index in [2.05, 4.69) is 19.1 Å². The summed E-state index contributed by atoms with van der Waals surface area (Å²) in [6.07, 6.45) is -4.50. The van der Waals surface area contributed by atoms with E-state index in [1.54, 1.807) is 0 Å². The molecule has 1 N–H and O–H groups in total. The van der Waals surface area contributed by atoms with Crippen molar-refractivity contribution in [2.75, 3.05) is 13.2 Å². The van der Waals surface area contributed by atoms with Gasteiger partial charge in [0.2, 0.25) is 0 Å².